The van der Waals surface area contributed by atoms with Crippen molar-refractivity contribution >= 4 is 17.2 Å². The molecule has 0 saturated carbocycles. The molecular formula is C15H19N3O2S. The highest BCUT2D eigenvalue weighted by Crippen LogP contribution is 2.39. The Morgan fingerprint density at radius 2 is 2.33 bits per heavy atom. The van der Waals surface area contributed by atoms with E-state index in [4.69, 9.17) is 4.74 Å². The Morgan fingerprint density at radius 1 is 1.52 bits per heavy atom. The Balaban J connectivity index is 1.96. The van der Waals surface area contributed by atoms with Crippen molar-refractivity contribution in [3.8, 4) is 5.88 Å². The van der Waals surface area contributed by atoms with Crippen LogP contribution in [0, 0.1) is 6.92 Å². The number of aromatic nitrogens is 2. The molecule has 1 saturated heterocycles. The lowest BCUT2D eigenvalue weighted by Crippen LogP contribution is -2.30. The number of hydrogen-bond donors (Lipinski definition) is 0. The van der Waals surface area contributed by atoms with Crippen LogP contribution in [0.4, 0.5) is 0 Å². The van der Waals surface area contributed by atoms with Crippen LogP contribution in [0.3, 0.4) is 0 Å². The third-order valence-corrected chi connectivity index (χ3v) is 4.71. The molecule has 3 heterocycles. The Bertz CT molecular complexity index is 648. The molecule has 0 bridgehead atoms. The van der Waals surface area contributed by atoms with Gasteiger partial charge in [-0.05, 0) is 31.2 Å². The summed E-state index contributed by atoms with van der Waals surface area (Å²) in [6, 6.07) is 1.94. The molecule has 0 radical (unpaired) electrons. The molecule has 0 aromatic carbocycles. The Kier molecular flexibility index (Phi) is 3.71. The zero-order chi connectivity index (χ0) is 15.0. The first kappa shape index (κ1) is 14.1. The molecule has 2 aromatic rings. The van der Waals surface area contributed by atoms with Crippen LogP contribution in [-0.2, 0) is 7.05 Å². The summed E-state index contributed by atoms with van der Waals surface area (Å²) in [5.74, 6) is 0.853. The summed E-state index contributed by atoms with van der Waals surface area (Å²) < 4.78 is 7.24. The number of carbonyl (C=O) groups excluding carboxylic acids is 1. The van der Waals surface area contributed by atoms with Gasteiger partial charge in [-0.1, -0.05) is 0 Å². The monoisotopic (exact) mass is 305 g/mol. The highest BCUT2D eigenvalue weighted by molar-refractivity contribution is 7.08. The lowest BCUT2D eigenvalue weighted by Gasteiger charge is -2.25. The number of carbonyl (C=O) groups is 1. The molecule has 0 unspecified atom stereocenters. The lowest BCUT2D eigenvalue weighted by atomic mass is 10.0. The van der Waals surface area contributed by atoms with Crippen LogP contribution in [0.2, 0.25) is 0 Å². The number of amides is 1. The maximum Gasteiger partial charge on any atom is 0.255 e. The van der Waals surface area contributed by atoms with Crippen LogP contribution >= 0.6 is 11.3 Å². The van der Waals surface area contributed by atoms with E-state index in [1.54, 1.807) is 23.1 Å². The Labute approximate surface area is 128 Å². The molecule has 1 aliphatic heterocycles. The Hall–Kier alpha value is -1.82. The molecule has 1 amide bonds. The smallest absolute Gasteiger partial charge is 0.255 e. The zero-order valence-electron chi connectivity index (χ0n) is 12.5. The van der Waals surface area contributed by atoms with Crippen LogP contribution < -0.4 is 4.74 Å². The van der Waals surface area contributed by atoms with Crippen LogP contribution in [0.25, 0.3) is 0 Å². The fourth-order valence-electron chi connectivity index (χ4n) is 3.14. The van der Waals surface area contributed by atoms with Gasteiger partial charge in [0.25, 0.3) is 5.91 Å². The predicted molar refractivity (Wildman–Crippen MR) is 81.8 cm³/mol. The van der Waals surface area contributed by atoms with Crippen molar-refractivity contribution in [2.24, 2.45) is 7.05 Å². The van der Waals surface area contributed by atoms with Crippen molar-refractivity contribution in [1.82, 2.24) is 14.7 Å². The first-order chi connectivity index (χ1) is 10.1. The van der Waals surface area contributed by atoms with E-state index < -0.39 is 0 Å². The van der Waals surface area contributed by atoms with E-state index in [-0.39, 0.29) is 11.9 Å². The summed E-state index contributed by atoms with van der Waals surface area (Å²) in [5, 5.41) is 8.29. The fraction of sp³-hybridized carbons (Fsp3) is 0.467. The second-order valence-electron chi connectivity index (χ2n) is 5.30. The zero-order valence-corrected chi connectivity index (χ0v) is 13.3. The molecule has 0 N–H and O–H groups in total. The average Bonchev–Trinajstić information content (AvgIpc) is 3.16. The van der Waals surface area contributed by atoms with E-state index in [1.165, 1.54) is 0 Å². The number of thiophene rings is 1. The largest absolute Gasteiger partial charge is 0.481 e. The van der Waals surface area contributed by atoms with Gasteiger partial charge < -0.3 is 9.64 Å². The maximum absolute atomic E-state index is 12.7. The quantitative estimate of drug-likeness (QED) is 0.876. The second kappa shape index (κ2) is 5.52. The molecule has 1 aliphatic rings. The molecule has 1 fully saturated rings. The third-order valence-electron chi connectivity index (χ3n) is 4.02. The van der Waals surface area contributed by atoms with E-state index in [0.29, 0.717) is 0 Å². The number of rotatable bonds is 3. The van der Waals surface area contributed by atoms with E-state index in [1.807, 2.05) is 35.7 Å². The summed E-state index contributed by atoms with van der Waals surface area (Å²) in [5.41, 5.74) is 2.75. The van der Waals surface area contributed by atoms with Gasteiger partial charge >= 0.3 is 0 Å². The van der Waals surface area contributed by atoms with Gasteiger partial charge in [0.2, 0.25) is 5.88 Å². The molecule has 2 aromatic heterocycles. The number of likely N-dealkylation sites (tertiary alicyclic amines) is 1. The Morgan fingerprint density at radius 3 is 3.00 bits per heavy atom. The predicted octanol–water partition coefficient (Wildman–Crippen LogP) is 2.78. The van der Waals surface area contributed by atoms with Crippen molar-refractivity contribution in [1.29, 1.82) is 0 Å². The maximum atomic E-state index is 12.7. The summed E-state index contributed by atoms with van der Waals surface area (Å²) in [7, 11) is 3.52. The lowest BCUT2D eigenvalue weighted by molar-refractivity contribution is 0.0734. The van der Waals surface area contributed by atoms with Crippen LogP contribution in [-0.4, -0.2) is 34.2 Å². The van der Waals surface area contributed by atoms with Gasteiger partial charge in [-0.15, -0.1) is 0 Å². The van der Waals surface area contributed by atoms with Crippen LogP contribution in [0.15, 0.2) is 16.8 Å². The summed E-state index contributed by atoms with van der Waals surface area (Å²) in [6.07, 6.45) is 1.97. The topological polar surface area (TPSA) is 47.4 Å². The van der Waals surface area contributed by atoms with Gasteiger partial charge in [-0.25, -0.2) is 4.68 Å². The van der Waals surface area contributed by atoms with Crippen molar-refractivity contribution in [2.75, 3.05) is 13.7 Å². The minimum atomic E-state index is 0.0565. The molecular weight excluding hydrogens is 286 g/mol. The van der Waals surface area contributed by atoms with Gasteiger partial charge in [0.1, 0.15) is 0 Å². The summed E-state index contributed by atoms with van der Waals surface area (Å²) >= 11 is 1.55. The molecule has 0 aliphatic carbocycles. The number of nitrogens with zero attached hydrogens (tertiary/aromatic N) is 3. The minimum absolute atomic E-state index is 0.0565. The highest BCUT2D eigenvalue weighted by Gasteiger charge is 2.35. The average molecular weight is 305 g/mol. The van der Waals surface area contributed by atoms with Crippen molar-refractivity contribution in [3.63, 3.8) is 0 Å². The van der Waals surface area contributed by atoms with Gasteiger partial charge in [0.05, 0.1) is 30.0 Å². The third kappa shape index (κ3) is 2.33. The number of aryl methyl sites for hydroxylation is 2. The molecule has 21 heavy (non-hydrogen) atoms. The SMILES string of the molecule is COc1c([C@H]2CCCN2C(=O)c2ccsc2)c(C)nn1C. The van der Waals surface area contributed by atoms with Crippen molar-refractivity contribution < 1.29 is 9.53 Å². The minimum Gasteiger partial charge on any atom is -0.481 e. The molecule has 3 rings (SSSR count). The number of hydrogen-bond acceptors (Lipinski definition) is 4. The van der Waals surface area contributed by atoms with Crippen molar-refractivity contribution in [3.05, 3.63) is 33.6 Å². The molecule has 112 valence electrons. The molecule has 0 spiro atoms. The number of methoxy groups -OCH3 is 1. The second-order valence-corrected chi connectivity index (χ2v) is 6.08. The summed E-state index contributed by atoms with van der Waals surface area (Å²) in [6.45, 7) is 2.76. The molecule has 6 heteroatoms. The van der Waals surface area contributed by atoms with Gasteiger partial charge in [-0.3, -0.25) is 4.79 Å². The first-order valence-electron chi connectivity index (χ1n) is 7.04. The van der Waals surface area contributed by atoms with Gasteiger partial charge in [0.15, 0.2) is 0 Å². The highest BCUT2D eigenvalue weighted by atomic mass is 32.1. The summed E-state index contributed by atoms with van der Waals surface area (Å²) in [4.78, 5) is 14.6. The first-order valence-corrected chi connectivity index (χ1v) is 7.98. The van der Waals surface area contributed by atoms with Gasteiger partial charge in [0, 0.05) is 19.0 Å². The van der Waals surface area contributed by atoms with Gasteiger partial charge in [-0.2, -0.15) is 16.4 Å². The van der Waals surface area contributed by atoms with E-state index in [9.17, 15) is 4.79 Å². The van der Waals surface area contributed by atoms with Crippen molar-refractivity contribution in [2.45, 2.75) is 25.8 Å². The number of ether oxygens (including phenoxy) is 1. The van der Waals surface area contributed by atoms with E-state index >= 15 is 0 Å². The van der Waals surface area contributed by atoms with E-state index in [2.05, 4.69) is 5.10 Å². The molecule has 5 nitrogen and oxygen atoms in total. The van der Waals surface area contributed by atoms with Crippen LogP contribution in [0.1, 0.15) is 40.5 Å². The standard InChI is InChI=1S/C15H19N3O2S/c1-10-13(15(20-3)17(2)16-10)12-5-4-7-18(12)14(19)11-6-8-21-9-11/h6,8-9,12H,4-5,7H2,1-3H3/t12-/m1/s1. The fourth-order valence-corrected chi connectivity index (χ4v) is 3.77. The van der Waals surface area contributed by atoms with Crippen LogP contribution in [0.5, 0.6) is 5.88 Å². The van der Waals surface area contributed by atoms with E-state index in [0.717, 1.165) is 42.1 Å². The normalized spacial score (nSPS) is 18.2. The molecule has 1 atom stereocenters.